The number of aryl methyl sites for hydroxylation is 1. The quantitative estimate of drug-likeness (QED) is 0.935. The van der Waals surface area contributed by atoms with Crippen LogP contribution in [0.3, 0.4) is 0 Å². The van der Waals surface area contributed by atoms with Gasteiger partial charge in [-0.3, -0.25) is 9.48 Å². The molecule has 22 heavy (non-hydrogen) atoms. The molecule has 0 aromatic carbocycles. The molecule has 6 nitrogen and oxygen atoms in total. The Bertz CT molecular complexity index is 656. The van der Waals surface area contributed by atoms with Crippen molar-refractivity contribution >= 4 is 5.91 Å². The Hall–Kier alpha value is -2.28. The first kappa shape index (κ1) is 14.6. The van der Waals surface area contributed by atoms with E-state index in [4.69, 9.17) is 4.74 Å². The molecule has 3 rings (SSSR count). The highest BCUT2D eigenvalue weighted by Gasteiger charge is 2.30. The van der Waals surface area contributed by atoms with Crippen LogP contribution in [-0.4, -0.2) is 33.3 Å². The highest BCUT2D eigenvalue weighted by atomic mass is 19.1. The average Bonchev–Trinajstić information content (AvgIpc) is 2.95. The minimum Gasteiger partial charge on any atom is -0.371 e. The van der Waals surface area contributed by atoms with Crippen molar-refractivity contribution in [2.45, 2.75) is 25.0 Å². The van der Waals surface area contributed by atoms with Gasteiger partial charge in [-0.25, -0.2) is 9.37 Å². The normalized spacial score (nSPS) is 21.5. The maximum atomic E-state index is 12.9. The van der Waals surface area contributed by atoms with Crippen molar-refractivity contribution in [3.8, 4) is 0 Å². The summed E-state index contributed by atoms with van der Waals surface area (Å²) in [5, 5.41) is 7.07. The minimum absolute atomic E-state index is 0.155. The lowest BCUT2D eigenvalue weighted by Gasteiger charge is -2.31. The Morgan fingerprint density at radius 3 is 3.00 bits per heavy atom. The molecule has 7 heteroatoms. The zero-order valence-corrected chi connectivity index (χ0v) is 12.2. The van der Waals surface area contributed by atoms with Crippen LogP contribution in [0.25, 0.3) is 0 Å². The van der Waals surface area contributed by atoms with E-state index >= 15 is 0 Å². The van der Waals surface area contributed by atoms with E-state index in [-0.39, 0.29) is 23.7 Å². The number of aromatic nitrogens is 3. The van der Waals surface area contributed by atoms with Crippen molar-refractivity contribution in [2.75, 3.05) is 6.61 Å². The molecule has 0 saturated carbocycles. The predicted molar refractivity (Wildman–Crippen MR) is 76.6 cm³/mol. The molecule has 2 atom stereocenters. The number of amides is 1. The molecule has 116 valence electrons. The minimum atomic E-state index is -0.467. The zero-order chi connectivity index (χ0) is 15.5. The molecule has 1 aliphatic rings. The molecule has 3 heterocycles. The molecule has 0 bridgehead atoms. The third-order valence-electron chi connectivity index (χ3n) is 3.65. The van der Waals surface area contributed by atoms with Crippen LogP contribution >= 0.6 is 0 Å². The van der Waals surface area contributed by atoms with Gasteiger partial charge in [-0.1, -0.05) is 0 Å². The molecule has 1 saturated heterocycles. The molecule has 2 aromatic rings. The van der Waals surface area contributed by atoms with E-state index in [1.807, 2.05) is 13.2 Å². The van der Waals surface area contributed by atoms with Crippen molar-refractivity contribution in [3.63, 3.8) is 0 Å². The van der Waals surface area contributed by atoms with E-state index in [2.05, 4.69) is 15.4 Å². The van der Waals surface area contributed by atoms with Gasteiger partial charge in [0.25, 0.3) is 5.91 Å². The van der Waals surface area contributed by atoms with E-state index in [0.717, 1.165) is 24.6 Å². The van der Waals surface area contributed by atoms with Gasteiger partial charge in [0.05, 0.1) is 18.4 Å². The Morgan fingerprint density at radius 2 is 2.32 bits per heavy atom. The summed E-state index contributed by atoms with van der Waals surface area (Å²) in [4.78, 5) is 16.0. The van der Waals surface area contributed by atoms with Crippen LogP contribution in [0.4, 0.5) is 4.39 Å². The van der Waals surface area contributed by atoms with Crippen molar-refractivity contribution in [1.29, 1.82) is 0 Å². The number of ether oxygens (including phenoxy) is 1. The number of hydrogen-bond acceptors (Lipinski definition) is 4. The van der Waals surface area contributed by atoms with Crippen LogP contribution in [-0.2, 0) is 11.8 Å². The van der Waals surface area contributed by atoms with Crippen LogP contribution < -0.4 is 5.32 Å². The van der Waals surface area contributed by atoms with Gasteiger partial charge >= 0.3 is 0 Å². The Balaban J connectivity index is 1.74. The molecule has 0 aliphatic carbocycles. The van der Waals surface area contributed by atoms with Gasteiger partial charge in [0.1, 0.15) is 17.6 Å². The maximum Gasteiger partial charge on any atom is 0.270 e. The van der Waals surface area contributed by atoms with Crippen molar-refractivity contribution < 1.29 is 13.9 Å². The van der Waals surface area contributed by atoms with Gasteiger partial charge in [-0.2, -0.15) is 5.10 Å². The topological polar surface area (TPSA) is 69.0 Å². The van der Waals surface area contributed by atoms with Gasteiger partial charge in [-0.15, -0.1) is 0 Å². The summed E-state index contributed by atoms with van der Waals surface area (Å²) < 4.78 is 20.4. The average molecular weight is 304 g/mol. The third kappa shape index (κ3) is 3.14. The summed E-state index contributed by atoms with van der Waals surface area (Å²) in [5.41, 5.74) is 1.12. The van der Waals surface area contributed by atoms with Crippen molar-refractivity contribution in [3.05, 3.63) is 47.8 Å². The van der Waals surface area contributed by atoms with E-state index in [9.17, 15) is 9.18 Å². The summed E-state index contributed by atoms with van der Waals surface area (Å²) in [6.45, 7) is 0.654. The van der Waals surface area contributed by atoms with Crippen molar-refractivity contribution in [2.24, 2.45) is 7.05 Å². The van der Waals surface area contributed by atoms with E-state index < -0.39 is 5.82 Å². The number of halogens is 1. The molecule has 2 aromatic heterocycles. The molecule has 0 spiro atoms. The van der Waals surface area contributed by atoms with Crippen LogP contribution in [0, 0.1) is 5.82 Å². The Morgan fingerprint density at radius 1 is 1.45 bits per heavy atom. The van der Waals surface area contributed by atoms with E-state index in [1.54, 1.807) is 10.9 Å². The first-order valence-corrected chi connectivity index (χ1v) is 7.16. The van der Waals surface area contributed by atoms with E-state index in [1.165, 1.54) is 12.1 Å². The fourth-order valence-corrected chi connectivity index (χ4v) is 2.60. The second-order valence-electron chi connectivity index (χ2n) is 5.32. The smallest absolute Gasteiger partial charge is 0.270 e. The molecular weight excluding hydrogens is 287 g/mol. The molecule has 1 fully saturated rings. The van der Waals surface area contributed by atoms with Crippen LogP contribution in [0.5, 0.6) is 0 Å². The fourth-order valence-electron chi connectivity index (χ4n) is 2.60. The fraction of sp³-hybridized carbons (Fsp3) is 0.400. The number of nitrogens with one attached hydrogen (secondary N) is 1. The van der Waals surface area contributed by atoms with Crippen LogP contribution in [0.1, 0.15) is 35.0 Å². The number of pyridine rings is 1. The molecule has 0 unspecified atom stereocenters. The Labute approximate surface area is 127 Å². The van der Waals surface area contributed by atoms with Gasteiger partial charge in [0.15, 0.2) is 0 Å². The zero-order valence-electron chi connectivity index (χ0n) is 12.2. The highest BCUT2D eigenvalue weighted by molar-refractivity contribution is 5.92. The first-order valence-electron chi connectivity index (χ1n) is 7.16. The lowest BCUT2D eigenvalue weighted by Crippen LogP contribution is -2.42. The summed E-state index contributed by atoms with van der Waals surface area (Å²) >= 11 is 0. The third-order valence-corrected chi connectivity index (χ3v) is 3.65. The number of hydrogen-bond donors (Lipinski definition) is 1. The van der Waals surface area contributed by atoms with Crippen LogP contribution in [0.15, 0.2) is 30.7 Å². The molecule has 1 aliphatic heterocycles. The second-order valence-corrected chi connectivity index (χ2v) is 5.32. The lowest BCUT2D eigenvalue weighted by atomic mass is 9.98. The van der Waals surface area contributed by atoms with Gasteiger partial charge < -0.3 is 10.1 Å². The van der Waals surface area contributed by atoms with E-state index in [0.29, 0.717) is 6.61 Å². The summed E-state index contributed by atoms with van der Waals surface area (Å²) in [5.74, 6) is -0.796. The monoisotopic (exact) mass is 304 g/mol. The van der Waals surface area contributed by atoms with Gasteiger partial charge in [0, 0.05) is 25.4 Å². The largest absolute Gasteiger partial charge is 0.371 e. The summed E-state index contributed by atoms with van der Waals surface area (Å²) in [6.07, 6.45) is 6.11. The number of carbonyl (C=O) groups excluding carboxylic acids is 1. The molecular formula is C15H17FN4O2. The molecule has 1 N–H and O–H groups in total. The lowest BCUT2D eigenvalue weighted by molar-refractivity contribution is -0.00955. The number of nitrogens with zero attached hydrogens (tertiary/aromatic N) is 3. The SMILES string of the molecule is Cn1cc([C@H]2OCCC[C@@H]2NC(=O)c2ccc(F)cn2)cn1. The summed E-state index contributed by atoms with van der Waals surface area (Å²) in [6, 6.07) is 2.43. The number of rotatable bonds is 3. The standard InChI is InChI=1S/C15H17FN4O2/c1-20-9-10(7-18-20)14-12(3-2-6-22-14)19-15(21)13-5-4-11(16)8-17-13/h4-5,7-9,12,14H,2-3,6H2,1H3,(H,19,21)/t12-,14+/m0/s1. The molecule has 0 radical (unpaired) electrons. The van der Waals surface area contributed by atoms with Gasteiger partial charge in [0.2, 0.25) is 0 Å². The number of carbonyl (C=O) groups is 1. The second kappa shape index (κ2) is 6.23. The maximum absolute atomic E-state index is 12.9. The van der Waals surface area contributed by atoms with Crippen molar-refractivity contribution in [1.82, 2.24) is 20.1 Å². The Kier molecular flexibility index (Phi) is 4.15. The first-order chi connectivity index (χ1) is 10.6. The van der Waals surface area contributed by atoms with Crippen LogP contribution in [0.2, 0.25) is 0 Å². The molecule has 1 amide bonds. The predicted octanol–water partition coefficient (Wildman–Crippen LogP) is 1.60. The highest BCUT2D eigenvalue weighted by Crippen LogP contribution is 2.28. The summed E-state index contributed by atoms with van der Waals surface area (Å²) in [7, 11) is 1.84. The van der Waals surface area contributed by atoms with Gasteiger partial charge in [-0.05, 0) is 25.0 Å².